The Morgan fingerprint density at radius 2 is 1.54 bits per heavy atom. The van der Waals surface area contributed by atoms with Gasteiger partial charge >= 0.3 is 12.4 Å². The van der Waals surface area contributed by atoms with Gasteiger partial charge in [-0.25, -0.2) is 9.97 Å². The Hall–Kier alpha value is -3.96. The number of carbonyl (C=O) groups is 2. The van der Waals surface area contributed by atoms with Gasteiger partial charge in [0.25, 0.3) is 5.91 Å². The van der Waals surface area contributed by atoms with Crippen molar-refractivity contribution >= 4 is 11.8 Å². The predicted molar refractivity (Wildman–Crippen MR) is 113 cm³/mol. The SMILES string of the molecule is CN(C)C(=O)C(NC(=O)c1cncnc1-c1ccc(C(F)(F)F)cc1)c1cccc(C(F)(F)F)c1. The highest BCUT2D eigenvalue weighted by Gasteiger charge is 2.33. The summed E-state index contributed by atoms with van der Waals surface area (Å²) in [6, 6.07) is 6.36. The number of benzene rings is 2. The second-order valence-corrected chi connectivity index (χ2v) is 7.62. The number of alkyl halides is 6. The van der Waals surface area contributed by atoms with E-state index in [1.54, 1.807) is 0 Å². The molecule has 2 aromatic carbocycles. The van der Waals surface area contributed by atoms with E-state index in [9.17, 15) is 35.9 Å². The van der Waals surface area contributed by atoms with Crippen molar-refractivity contribution in [2.24, 2.45) is 0 Å². The second-order valence-electron chi connectivity index (χ2n) is 7.62. The molecule has 0 spiro atoms. The van der Waals surface area contributed by atoms with Crippen LogP contribution < -0.4 is 5.32 Å². The zero-order chi connectivity index (χ0) is 26.0. The maximum atomic E-state index is 13.2. The summed E-state index contributed by atoms with van der Waals surface area (Å²) in [7, 11) is 2.74. The van der Waals surface area contributed by atoms with Crippen molar-refractivity contribution in [3.05, 3.63) is 83.3 Å². The topological polar surface area (TPSA) is 75.2 Å². The van der Waals surface area contributed by atoms with Crippen LogP contribution in [0, 0.1) is 0 Å². The molecule has 0 fully saturated rings. The number of amides is 2. The van der Waals surface area contributed by atoms with Crippen LogP contribution in [0.15, 0.2) is 61.1 Å². The Morgan fingerprint density at radius 1 is 0.914 bits per heavy atom. The Bertz CT molecular complexity index is 1220. The Balaban J connectivity index is 1.98. The van der Waals surface area contributed by atoms with E-state index in [0.29, 0.717) is 0 Å². The predicted octanol–water partition coefficient (Wildman–Crippen LogP) is 4.74. The molecule has 0 aliphatic carbocycles. The van der Waals surface area contributed by atoms with Crippen LogP contribution in [0.3, 0.4) is 0 Å². The first kappa shape index (κ1) is 25.7. The lowest BCUT2D eigenvalue weighted by Gasteiger charge is -2.23. The highest BCUT2D eigenvalue weighted by molar-refractivity contribution is 6.02. The normalized spacial score (nSPS) is 12.7. The molecular weight excluding hydrogens is 478 g/mol. The van der Waals surface area contributed by atoms with E-state index in [1.165, 1.54) is 20.2 Å². The van der Waals surface area contributed by atoms with Crippen molar-refractivity contribution < 1.29 is 35.9 Å². The van der Waals surface area contributed by atoms with Gasteiger partial charge in [0.15, 0.2) is 0 Å². The van der Waals surface area contributed by atoms with Crippen molar-refractivity contribution in [2.75, 3.05) is 14.1 Å². The van der Waals surface area contributed by atoms with Gasteiger partial charge in [-0.1, -0.05) is 24.3 Å². The quantitative estimate of drug-likeness (QED) is 0.518. The summed E-state index contributed by atoms with van der Waals surface area (Å²) in [5.41, 5.74) is -2.06. The Morgan fingerprint density at radius 3 is 2.11 bits per heavy atom. The standard InChI is InChI=1S/C23H18F6N4O2/c1-33(2)21(35)19(14-4-3-5-16(10-14)23(27,28)29)32-20(34)17-11-30-12-31-18(17)13-6-8-15(9-7-13)22(24,25)26/h3-12,19H,1-2H3,(H,32,34). The number of nitrogens with zero attached hydrogens (tertiary/aromatic N) is 3. The van der Waals surface area contributed by atoms with Crippen LogP contribution in [0.25, 0.3) is 11.3 Å². The molecule has 12 heteroatoms. The van der Waals surface area contributed by atoms with Gasteiger partial charge in [-0.3, -0.25) is 9.59 Å². The summed E-state index contributed by atoms with van der Waals surface area (Å²) < 4.78 is 78.2. The molecule has 184 valence electrons. The monoisotopic (exact) mass is 496 g/mol. The molecule has 0 radical (unpaired) electrons. The summed E-state index contributed by atoms with van der Waals surface area (Å²) in [5.74, 6) is -1.61. The summed E-state index contributed by atoms with van der Waals surface area (Å²) in [4.78, 5) is 34.7. The smallest absolute Gasteiger partial charge is 0.347 e. The third-order valence-corrected chi connectivity index (χ3v) is 4.95. The summed E-state index contributed by atoms with van der Waals surface area (Å²) in [6.07, 6.45) is -7.05. The van der Waals surface area contributed by atoms with Crippen LogP contribution in [0.5, 0.6) is 0 Å². The van der Waals surface area contributed by atoms with E-state index in [-0.39, 0.29) is 22.4 Å². The summed E-state index contributed by atoms with van der Waals surface area (Å²) in [5, 5.41) is 2.40. The first-order valence-corrected chi connectivity index (χ1v) is 9.96. The lowest BCUT2D eigenvalue weighted by molar-refractivity contribution is -0.138. The fraction of sp³-hybridized carbons (Fsp3) is 0.217. The van der Waals surface area contributed by atoms with Gasteiger partial charge in [0.05, 0.1) is 22.4 Å². The maximum absolute atomic E-state index is 13.2. The fourth-order valence-corrected chi connectivity index (χ4v) is 3.19. The van der Waals surface area contributed by atoms with Gasteiger partial charge < -0.3 is 10.2 Å². The van der Waals surface area contributed by atoms with Gasteiger partial charge in [0.1, 0.15) is 12.4 Å². The van der Waals surface area contributed by atoms with Gasteiger partial charge in [0.2, 0.25) is 5.91 Å². The van der Waals surface area contributed by atoms with Crippen LogP contribution in [-0.4, -0.2) is 40.8 Å². The average molecular weight is 496 g/mol. The zero-order valence-electron chi connectivity index (χ0n) is 18.3. The average Bonchev–Trinajstić information content (AvgIpc) is 2.81. The van der Waals surface area contributed by atoms with Crippen molar-refractivity contribution in [2.45, 2.75) is 18.4 Å². The van der Waals surface area contributed by atoms with Crippen LogP contribution in [0.2, 0.25) is 0 Å². The number of halogens is 6. The first-order chi connectivity index (χ1) is 16.3. The minimum absolute atomic E-state index is 0.0219. The molecular formula is C23H18F6N4O2. The summed E-state index contributed by atoms with van der Waals surface area (Å²) in [6.45, 7) is 0. The third kappa shape index (κ3) is 5.94. The molecule has 35 heavy (non-hydrogen) atoms. The Labute approximate surface area is 195 Å². The number of aromatic nitrogens is 2. The van der Waals surface area contributed by atoms with Crippen LogP contribution in [0.4, 0.5) is 26.3 Å². The maximum Gasteiger partial charge on any atom is 0.416 e. The molecule has 0 saturated heterocycles. The molecule has 1 atom stereocenters. The van der Waals surface area contributed by atoms with E-state index in [1.807, 2.05) is 0 Å². The molecule has 0 aliphatic heterocycles. The van der Waals surface area contributed by atoms with Crippen LogP contribution in [-0.2, 0) is 17.1 Å². The zero-order valence-corrected chi connectivity index (χ0v) is 18.3. The van der Waals surface area contributed by atoms with Crippen LogP contribution in [0.1, 0.15) is 33.1 Å². The van der Waals surface area contributed by atoms with E-state index in [2.05, 4.69) is 15.3 Å². The molecule has 1 N–H and O–H groups in total. The molecule has 0 saturated carbocycles. The van der Waals surface area contributed by atoms with Crippen molar-refractivity contribution in [3.8, 4) is 11.3 Å². The number of likely N-dealkylation sites (N-methyl/N-ethyl adjacent to an activating group) is 1. The third-order valence-electron chi connectivity index (χ3n) is 4.95. The molecule has 6 nitrogen and oxygen atoms in total. The molecule has 1 aromatic heterocycles. The van der Waals surface area contributed by atoms with Crippen molar-refractivity contribution in [1.29, 1.82) is 0 Å². The number of rotatable bonds is 5. The van der Waals surface area contributed by atoms with Crippen LogP contribution >= 0.6 is 0 Å². The molecule has 1 unspecified atom stereocenters. The lowest BCUT2D eigenvalue weighted by Crippen LogP contribution is -2.40. The number of nitrogens with one attached hydrogen (secondary N) is 1. The van der Waals surface area contributed by atoms with E-state index >= 15 is 0 Å². The van der Waals surface area contributed by atoms with Crippen molar-refractivity contribution in [1.82, 2.24) is 20.2 Å². The fourth-order valence-electron chi connectivity index (χ4n) is 3.19. The molecule has 3 rings (SSSR count). The lowest BCUT2D eigenvalue weighted by atomic mass is 10.0. The number of carbonyl (C=O) groups excluding carboxylic acids is 2. The minimum atomic E-state index is -4.67. The molecule has 2 amide bonds. The van der Waals surface area contributed by atoms with Gasteiger partial charge in [-0.2, -0.15) is 26.3 Å². The molecule has 0 aliphatic rings. The largest absolute Gasteiger partial charge is 0.416 e. The molecule has 1 heterocycles. The second kappa shape index (κ2) is 9.72. The van der Waals surface area contributed by atoms with Gasteiger partial charge in [0, 0.05) is 25.9 Å². The highest BCUT2D eigenvalue weighted by Crippen LogP contribution is 2.32. The van der Waals surface area contributed by atoms with Gasteiger partial charge in [-0.15, -0.1) is 0 Å². The minimum Gasteiger partial charge on any atom is -0.347 e. The highest BCUT2D eigenvalue weighted by atomic mass is 19.4. The summed E-state index contributed by atoms with van der Waals surface area (Å²) >= 11 is 0. The number of hydrogen-bond acceptors (Lipinski definition) is 4. The van der Waals surface area contributed by atoms with Crippen molar-refractivity contribution in [3.63, 3.8) is 0 Å². The molecule has 3 aromatic rings. The van der Waals surface area contributed by atoms with E-state index in [4.69, 9.17) is 0 Å². The van der Waals surface area contributed by atoms with E-state index in [0.717, 1.165) is 59.9 Å². The first-order valence-electron chi connectivity index (χ1n) is 9.96. The van der Waals surface area contributed by atoms with Gasteiger partial charge in [-0.05, 0) is 29.8 Å². The number of hydrogen-bond donors (Lipinski definition) is 1. The molecule has 0 bridgehead atoms. The van der Waals surface area contributed by atoms with E-state index < -0.39 is 41.3 Å². The Kier molecular flexibility index (Phi) is 7.13.